The van der Waals surface area contributed by atoms with Crippen LogP contribution in [0.4, 0.5) is 4.79 Å². The van der Waals surface area contributed by atoms with E-state index >= 15 is 0 Å². The van der Waals surface area contributed by atoms with Crippen molar-refractivity contribution in [2.75, 3.05) is 33.2 Å². The highest BCUT2D eigenvalue weighted by Gasteiger charge is 2.48. The van der Waals surface area contributed by atoms with Gasteiger partial charge in [-0.3, -0.25) is 14.6 Å². The highest BCUT2D eigenvalue weighted by molar-refractivity contribution is 6.42. The molecular weight excluding hydrogens is 551 g/mol. The van der Waals surface area contributed by atoms with Gasteiger partial charge in [0.25, 0.3) is 0 Å². The molecule has 8 nitrogen and oxygen atoms in total. The lowest BCUT2D eigenvalue weighted by molar-refractivity contribution is -0.142. The molecule has 40 heavy (non-hydrogen) atoms. The van der Waals surface area contributed by atoms with E-state index in [2.05, 4.69) is 4.98 Å². The second kappa shape index (κ2) is 11.2. The SMILES string of the molecule is Cc1ccc(OC(=O)N(C)[C@@H]2CN(C(=O)C3CCN(C(=O)C4(C)CC4)CC3)C[C@H]2c2ccc(Cl)c(Cl)c2)c(C)n1. The van der Waals surface area contributed by atoms with Crippen molar-refractivity contribution >= 4 is 41.1 Å². The van der Waals surface area contributed by atoms with Gasteiger partial charge in [-0.1, -0.05) is 36.2 Å². The molecule has 1 saturated carbocycles. The molecule has 3 fully saturated rings. The van der Waals surface area contributed by atoms with E-state index in [-0.39, 0.29) is 35.1 Å². The predicted octanol–water partition coefficient (Wildman–Crippen LogP) is 5.47. The Kier molecular flexibility index (Phi) is 8.03. The lowest BCUT2D eigenvalue weighted by Crippen LogP contribution is -2.46. The van der Waals surface area contributed by atoms with Crippen LogP contribution >= 0.6 is 23.2 Å². The molecule has 5 rings (SSSR count). The summed E-state index contributed by atoms with van der Waals surface area (Å²) >= 11 is 12.5. The fourth-order valence-electron chi connectivity index (χ4n) is 5.88. The van der Waals surface area contributed by atoms with Crippen molar-refractivity contribution in [1.29, 1.82) is 0 Å². The van der Waals surface area contributed by atoms with Crippen molar-refractivity contribution < 1.29 is 19.1 Å². The Hall–Kier alpha value is -2.84. The van der Waals surface area contributed by atoms with Crippen LogP contribution in [0.5, 0.6) is 5.75 Å². The number of pyridine rings is 1. The van der Waals surface area contributed by atoms with Gasteiger partial charge in [0, 0.05) is 56.2 Å². The van der Waals surface area contributed by atoms with E-state index in [0.29, 0.717) is 60.5 Å². The number of carbonyl (C=O) groups excluding carboxylic acids is 3. The van der Waals surface area contributed by atoms with Gasteiger partial charge in [-0.2, -0.15) is 0 Å². The van der Waals surface area contributed by atoms with Gasteiger partial charge in [0.2, 0.25) is 11.8 Å². The molecule has 0 N–H and O–H groups in total. The first kappa shape index (κ1) is 28.7. The van der Waals surface area contributed by atoms with E-state index < -0.39 is 6.09 Å². The van der Waals surface area contributed by atoms with Gasteiger partial charge in [0.15, 0.2) is 5.75 Å². The minimum atomic E-state index is -0.515. The van der Waals surface area contributed by atoms with Gasteiger partial charge in [0.05, 0.1) is 21.8 Å². The van der Waals surface area contributed by atoms with Crippen LogP contribution in [0, 0.1) is 25.2 Å². The summed E-state index contributed by atoms with van der Waals surface area (Å²) in [5.74, 6) is 0.365. The Bertz CT molecular complexity index is 1320. The smallest absolute Gasteiger partial charge is 0.408 e. The zero-order valence-corrected chi connectivity index (χ0v) is 25.0. The molecule has 3 heterocycles. The number of hydrogen-bond donors (Lipinski definition) is 0. The summed E-state index contributed by atoms with van der Waals surface area (Å²) in [6, 6.07) is 8.66. The van der Waals surface area contributed by atoms with Gasteiger partial charge in [-0.15, -0.1) is 0 Å². The Balaban J connectivity index is 1.31. The second-order valence-electron chi connectivity index (χ2n) is 11.7. The number of rotatable bonds is 5. The summed E-state index contributed by atoms with van der Waals surface area (Å²) in [6.45, 7) is 7.74. The molecular formula is C30H36Cl2N4O4. The van der Waals surface area contributed by atoms with E-state index in [9.17, 15) is 14.4 Å². The molecule has 214 valence electrons. The summed E-state index contributed by atoms with van der Waals surface area (Å²) in [7, 11) is 1.70. The predicted molar refractivity (Wildman–Crippen MR) is 154 cm³/mol. The van der Waals surface area contributed by atoms with Crippen LogP contribution in [0.15, 0.2) is 30.3 Å². The Morgan fingerprint density at radius 3 is 2.33 bits per heavy atom. The number of aromatic nitrogens is 1. The summed E-state index contributed by atoms with van der Waals surface area (Å²) in [4.78, 5) is 49.5. The standard InChI is InChI=1S/C30H36Cl2N4O4/c1-18-5-8-26(19(2)33-18)40-29(39)34(4)25-17-36(16-22(25)21-6-7-23(31)24(32)15-21)27(37)20-9-13-35(14-10-20)28(38)30(3)11-12-30/h5-8,15,20,22,25H,9-14,16-17H2,1-4H3/t22-,25+/m0/s1. The minimum absolute atomic E-state index is 0.0673. The van der Waals surface area contributed by atoms with E-state index in [4.69, 9.17) is 27.9 Å². The Morgan fingerprint density at radius 2 is 1.70 bits per heavy atom. The van der Waals surface area contributed by atoms with Crippen molar-refractivity contribution in [3.05, 3.63) is 57.3 Å². The number of hydrogen-bond acceptors (Lipinski definition) is 5. The maximum Gasteiger partial charge on any atom is 0.415 e. The van der Waals surface area contributed by atoms with E-state index in [0.717, 1.165) is 24.1 Å². The van der Waals surface area contributed by atoms with E-state index in [1.807, 2.05) is 35.8 Å². The van der Waals surface area contributed by atoms with Crippen LogP contribution in [0.2, 0.25) is 10.0 Å². The van der Waals surface area contributed by atoms with Crippen molar-refractivity contribution in [2.45, 2.75) is 58.4 Å². The molecule has 0 bridgehead atoms. The molecule has 3 amide bonds. The van der Waals surface area contributed by atoms with Crippen LogP contribution in [-0.4, -0.2) is 76.9 Å². The number of likely N-dealkylation sites (tertiary alicyclic amines) is 2. The minimum Gasteiger partial charge on any atom is -0.408 e. The molecule has 2 saturated heterocycles. The van der Waals surface area contributed by atoms with Crippen LogP contribution in [0.1, 0.15) is 55.5 Å². The van der Waals surface area contributed by atoms with E-state index in [1.165, 1.54) is 0 Å². The molecule has 0 radical (unpaired) electrons. The number of amides is 3. The third kappa shape index (κ3) is 5.79. The number of likely N-dealkylation sites (N-methyl/N-ethyl adjacent to an activating group) is 1. The first-order chi connectivity index (χ1) is 19.0. The van der Waals surface area contributed by atoms with Crippen molar-refractivity contribution in [2.24, 2.45) is 11.3 Å². The second-order valence-corrected chi connectivity index (χ2v) is 12.5. The van der Waals surface area contributed by atoms with Crippen molar-refractivity contribution in [3.63, 3.8) is 0 Å². The van der Waals surface area contributed by atoms with Gasteiger partial charge in [-0.05, 0) is 69.4 Å². The Morgan fingerprint density at radius 1 is 1.00 bits per heavy atom. The molecule has 3 aliphatic rings. The van der Waals surface area contributed by atoms with Crippen LogP contribution in [-0.2, 0) is 9.59 Å². The molecule has 1 aromatic carbocycles. The number of piperidine rings is 1. The molecule has 1 aliphatic carbocycles. The largest absolute Gasteiger partial charge is 0.415 e. The topological polar surface area (TPSA) is 83.0 Å². The van der Waals surface area contributed by atoms with Crippen LogP contribution in [0.3, 0.4) is 0 Å². The number of ether oxygens (including phenoxy) is 1. The maximum absolute atomic E-state index is 13.7. The summed E-state index contributed by atoms with van der Waals surface area (Å²) < 4.78 is 5.72. The number of halogens is 2. The number of aryl methyl sites for hydroxylation is 2. The molecule has 2 atom stereocenters. The molecule has 2 aromatic rings. The summed E-state index contributed by atoms with van der Waals surface area (Å²) in [5.41, 5.74) is 2.18. The fraction of sp³-hybridized carbons (Fsp3) is 0.533. The van der Waals surface area contributed by atoms with Crippen molar-refractivity contribution in [3.8, 4) is 5.75 Å². The first-order valence-corrected chi connectivity index (χ1v) is 14.6. The fourth-order valence-corrected chi connectivity index (χ4v) is 6.19. The molecule has 0 unspecified atom stereocenters. The zero-order chi connectivity index (χ0) is 28.8. The number of benzene rings is 1. The normalized spacial score (nSPS) is 22.2. The Labute approximate surface area is 245 Å². The number of carbonyl (C=O) groups is 3. The van der Waals surface area contributed by atoms with Crippen LogP contribution in [0.25, 0.3) is 0 Å². The van der Waals surface area contributed by atoms with Crippen LogP contribution < -0.4 is 4.74 Å². The quantitative estimate of drug-likeness (QED) is 0.464. The zero-order valence-electron chi connectivity index (χ0n) is 23.5. The lowest BCUT2D eigenvalue weighted by atomic mass is 9.93. The third-order valence-corrected chi connectivity index (χ3v) is 9.52. The van der Waals surface area contributed by atoms with Gasteiger partial charge >= 0.3 is 6.09 Å². The maximum atomic E-state index is 13.7. The summed E-state index contributed by atoms with van der Waals surface area (Å²) in [5, 5.41) is 0.875. The molecule has 0 spiro atoms. The first-order valence-electron chi connectivity index (χ1n) is 13.9. The molecule has 2 aliphatic heterocycles. The average Bonchev–Trinajstić information content (AvgIpc) is 3.54. The third-order valence-electron chi connectivity index (χ3n) is 8.78. The summed E-state index contributed by atoms with van der Waals surface area (Å²) in [6.07, 6.45) is 2.68. The van der Waals surface area contributed by atoms with E-state index in [1.54, 1.807) is 37.1 Å². The lowest BCUT2D eigenvalue weighted by Gasteiger charge is -2.34. The van der Waals surface area contributed by atoms with Gasteiger partial charge in [-0.25, -0.2) is 4.79 Å². The molecule has 10 heteroatoms. The average molecular weight is 588 g/mol. The monoisotopic (exact) mass is 586 g/mol. The highest BCUT2D eigenvalue weighted by Crippen LogP contribution is 2.47. The van der Waals surface area contributed by atoms with Gasteiger partial charge < -0.3 is 19.4 Å². The molecule has 1 aromatic heterocycles. The highest BCUT2D eigenvalue weighted by atomic mass is 35.5. The number of nitrogens with zero attached hydrogens (tertiary/aromatic N) is 4. The van der Waals surface area contributed by atoms with Crippen molar-refractivity contribution in [1.82, 2.24) is 19.7 Å². The van der Waals surface area contributed by atoms with Gasteiger partial charge in [0.1, 0.15) is 0 Å².